The van der Waals surface area contributed by atoms with Gasteiger partial charge in [-0.25, -0.2) is 4.79 Å². The number of carbonyl (C=O) groups is 3. The molecule has 0 atom stereocenters. The lowest BCUT2D eigenvalue weighted by Crippen LogP contribution is -2.38. The summed E-state index contributed by atoms with van der Waals surface area (Å²) in [5.74, 6) is -0.493. The van der Waals surface area contributed by atoms with Crippen molar-refractivity contribution >= 4 is 18.0 Å². The molecule has 0 unspecified atom stereocenters. The summed E-state index contributed by atoms with van der Waals surface area (Å²) in [4.78, 5) is 41.0. The Morgan fingerprint density at radius 3 is 1.22 bits per heavy atom. The van der Waals surface area contributed by atoms with Crippen molar-refractivity contribution in [1.82, 2.24) is 9.80 Å². The Morgan fingerprint density at radius 2 is 0.815 bits per heavy atom. The average Bonchev–Trinajstić information content (AvgIpc) is 3.15. The van der Waals surface area contributed by atoms with E-state index in [1.807, 2.05) is 19.0 Å². The molecule has 0 fully saturated rings. The van der Waals surface area contributed by atoms with Gasteiger partial charge in [0.15, 0.2) is 0 Å². The zero-order chi connectivity index (χ0) is 39.6. The van der Waals surface area contributed by atoms with Crippen molar-refractivity contribution in [1.29, 1.82) is 0 Å². The van der Waals surface area contributed by atoms with Gasteiger partial charge in [-0.05, 0) is 97.6 Å². The molecule has 0 aromatic heterocycles. The van der Waals surface area contributed by atoms with Crippen LogP contribution in [0.4, 0.5) is 4.79 Å². The van der Waals surface area contributed by atoms with Gasteiger partial charge in [0.2, 0.25) is 0 Å². The van der Waals surface area contributed by atoms with Gasteiger partial charge in [-0.1, -0.05) is 127 Å². The number of carbonyl (C=O) groups excluding carboxylic acids is 3. The minimum absolute atomic E-state index is 0.0891. The summed E-state index contributed by atoms with van der Waals surface area (Å²) in [6.07, 6.45) is 44.1. The number of amides is 1. The highest BCUT2D eigenvalue weighted by atomic mass is 16.6. The highest BCUT2D eigenvalue weighted by Crippen LogP contribution is 2.11. The molecule has 0 N–H and O–H groups in total. The van der Waals surface area contributed by atoms with Crippen LogP contribution in [-0.4, -0.2) is 81.4 Å². The van der Waals surface area contributed by atoms with Crippen LogP contribution in [0.2, 0.25) is 0 Å². The van der Waals surface area contributed by atoms with Crippen LogP contribution >= 0.6 is 0 Å². The molecule has 0 spiro atoms. The Labute approximate surface area is 332 Å². The summed E-state index contributed by atoms with van der Waals surface area (Å²) < 4.78 is 16.3. The topological polar surface area (TPSA) is 85.4 Å². The molecule has 0 bridgehead atoms. The lowest BCUT2D eigenvalue weighted by molar-refractivity contribution is -0.144. The Morgan fingerprint density at radius 1 is 0.426 bits per heavy atom. The molecule has 0 rings (SSSR count). The van der Waals surface area contributed by atoms with Gasteiger partial charge in [0.1, 0.15) is 13.2 Å². The lowest BCUT2D eigenvalue weighted by Gasteiger charge is -2.22. The molecule has 0 aromatic rings. The first-order valence-electron chi connectivity index (χ1n) is 21.9. The first-order chi connectivity index (χ1) is 26.4. The quantitative estimate of drug-likeness (QED) is 0.0268. The van der Waals surface area contributed by atoms with Crippen molar-refractivity contribution in [3.8, 4) is 0 Å². The van der Waals surface area contributed by atoms with Crippen LogP contribution in [0.3, 0.4) is 0 Å². The van der Waals surface area contributed by atoms with Gasteiger partial charge in [0.05, 0.1) is 19.7 Å². The molecule has 8 heteroatoms. The maximum atomic E-state index is 12.8. The van der Waals surface area contributed by atoms with Crippen molar-refractivity contribution in [3.63, 3.8) is 0 Å². The maximum Gasteiger partial charge on any atom is 0.409 e. The monoisotopic (exact) mass is 759 g/mol. The summed E-state index contributed by atoms with van der Waals surface area (Å²) in [5.41, 5.74) is 0. The van der Waals surface area contributed by atoms with Crippen LogP contribution in [0, 0.1) is 0 Å². The molecular weight excluding hydrogens is 677 g/mol. The van der Waals surface area contributed by atoms with E-state index in [0.717, 1.165) is 77.2 Å². The zero-order valence-corrected chi connectivity index (χ0v) is 35.4. The number of hydrogen-bond acceptors (Lipinski definition) is 7. The first kappa shape index (κ1) is 51.1. The predicted molar refractivity (Wildman–Crippen MR) is 227 cm³/mol. The van der Waals surface area contributed by atoms with E-state index in [1.54, 1.807) is 0 Å². The van der Waals surface area contributed by atoms with Crippen molar-refractivity contribution in [2.24, 2.45) is 0 Å². The van der Waals surface area contributed by atoms with E-state index in [2.05, 4.69) is 62.5 Å². The first-order valence-corrected chi connectivity index (χ1v) is 21.9. The molecule has 0 radical (unpaired) electrons. The fourth-order valence-corrected chi connectivity index (χ4v) is 5.77. The van der Waals surface area contributed by atoms with E-state index in [9.17, 15) is 14.4 Å². The van der Waals surface area contributed by atoms with Crippen LogP contribution in [0.25, 0.3) is 0 Å². The summed E-state index contributed by atoms with van der Waals surface area (Å²) >= 11 is 0. The minimum atomic E-state index is -0.483. The summed E-state index contributed by atoms with van der Waals surface area (Å²) in [5, 5.41) is 0. The van der Waals surface area contributed by atoms with Gasteiger partial charge in [0, 0.05) is 19.4 Å². The van der Waals surface area contributed by atoms with Gasteiger partial charge in [-0.3, -0.25) is 9.59 Å². The van der Waals surface area contributed by atoms with Crippen molar-refractivity contribution < 1.29 is 28.6 Å². The Balaban J connectivity index is 4.16. The van der Waals surface area contributed by atoms with Crippen molar-refractivity contribution in [2.45, 2.75) is 174 Å². The highest BCUT2D eigenvalue weighted by molar-refractivity contribution is 5.70. The van der Waals surface area contributed by atoms with Crippen LogP contribution < -0.4 is 0 Å². The smallest absolute Gasteiger partial charge is 0.409 e. The van der Waals surface area contributed by atoms with Gasteiger partial charge in [-0.2, -0.15) is 0 Å². The van der Waals surface area contributed by atoms with Gasteiger partial charge in [-0.15, -0.1) is 0 Å². The SMILES string of the molecule is CCCCC/C=C/C/C=C/CCCCCCCC(=O)OCCN(CCOC(=O)CCCCCCC/C=C/C/C=C/CCCCC)C(=O)OCCCN(C)C. The fourth-order valence-electron chi connectivity index (χ4n) is 5.77. The molecule has 54 heavy (non-hydrogen) atoms. The van der Waals surface area contributed by atoms with E-state index in [0.29, 0.717) is 19.4 Å². The molecule has 0 aromatic carbocycles. The third-order valence-corrected chi connectivity index (χ3v) is 9.14. The standard InChI is InChI=1S/C46H82N2O6/c1-5-7-9-11-13-15-17-19-21-23-25-27-29-31-33-36-44(49)52-42-39-48(46(51)54-41-35-38-47(3)4)40-43-53-45(50)37-34-32-30-28-26-24-22-20-18-16-14-12-10-8-6-2/h13-16,19-22H,5-12,17-18,23-43H2,1-4H3/b15-13+,16-14+,21-19+,22-20+. The number of unbranched alkanes of at least 4 members (excludes halogenated alkanes) is 16. The molecule has 0 aliphatic heterocycles. The summed E-state index contributed by atoms with van der Waals surface area (Å²) in [6, 6.07) is 0. The van der Waals surface area contributed by atoms with E-state index in [1.165, 1.54) is 81.9 Å². The molecular formula is C46H82N2O6. The molecule has 0 aliphatic carbocycles. The molecule has 0 aliphatic rings. The minimum Gasteiger partial charge on any atom is -0.464 e. The Hall–Kier alpha value is -2.87. The number of esters is 2. The molecule has 1 amide bonds. The molecule has 8 nitrogen and oxygen atoms in total. The van der Waals surface area contributed by atoms with Crippen molar-refractivity contribution in [3.05, 3.63) is 48.6 Å². The Bertz CT molecular complexity index is 926. The van der Waals surface area contributed by atoms with Crippen LogP contribution in [0.1, 0.15) is 174 Å². The molecule has 0 heterocycles. The molecule has 312 valence electrons. The normalized spacial score (nSPS) is 11.9. The Kier molecular flexibility index (Phi) is 39.1. The second-order valence-electron chi connectivity index (χ2n) is 14.7. The van der Waals surface area contributed by atoms with Gasteiger partial charge >= 0.3 is 18.0 Å². The molecule has 0 saturated heterocycles. The van der Waals surface area contributed by atoms with E-state index in [-0.39, 0.29) is 38.2 Å². The van der Waals surface area contributed by atoms with E-state index in [4.69, 9.17) is 14.2 Å². The van der Waals surface area contributed by atoms with E-state index >= 15 is 0 Å². The zero-order valence-electron chi connectivity index (χ0n) is 35.4. The fraction of sp³-hybridized carbons (Fsp3) is 0.761. The van der Waals surface area contributed by atoms with Crippen LogP contribution in [0.15, 0.2) is 48.6 Å². The number of allylic oxidation sites excluding steroid dienone is 8. The highest BCUT2D eigenvalue weighted by Gasteiger charge is 2.17. The van der Waals surface area contributed by atoms with Crippen LogP contribution in [-0.2, 0) is 23.8 Å². The van der Waals surface area contributed by atoms with Crippen molar-refractivity contribution in [2.75, 3.05) is 53.6 Å². The lowest BCUT2D eigenvalue weighted by atomic mass is 10.1. The number of hydrogen-bond donors (Lipinski definition) is 0. The number of nitrogens with zero attached hydrogens (tertiary/aromatic N) is 2. The summed E-state index contributed by atoms with van der Waals surface area (Å²) in [7, 11) is 3.95. The maximum absolute atomic E-state index is 12.8. The number of ether oxygens (including phenoxy) is 3. The van der Waals surface area contributed by atoms with Gasteiger partial charge < -0.3 is 24.0 Å². The molecule has 0 saturated carbocycles. The third-order valence-electron chi connectivity index (χ3n) is 9.14. The largest absolute Gasteiger partial charge is 0.464 e. The second kappa shape index (κ2) is 41.3. The second-order valence-corrected chi connectivity index (χ2v) is 14.7. The predicted octanol–water partition coefficient (Wildman–Crippen LogP) is 12.1. The van der Waals surface area contributed by atoms with Crippen LogP contribution in [0.5, 0.6) is 0 Å². The van der Waals surface area contributed by atoms with Gasteiger partial charge in [0.25, 0.3) is 0 Å². The average molecular weight is 759 g/mol. The third kappa shape index (κ3) is 38.8. The number of rotatable bonds is 38. The summed E-state index contributed by atoms with van der Waals surface area (Å²) in [6.45, 7) is 6.15. The van der Waals surface area contributed by atoms with E-state index < -0.39 is 6.09 Å².